The van der Waals surface area contributed by atoms with Crippen LogP contribution in [-0.4, -0.2) is 34.4 Å². The van der Waals surface area contributed by atoms with Gasteiger partial charge in [0.05, 0.1) is 6.61 Å². The molecule has 5 nitrogen and oxygen atoms in total. The van der Waals surface area contributed by atoms with E-state index >= 15 is 0 Å². The monoisotopic (exact) mass is 270 g/mol. The Bertz CT molecular complexity index is 362. The highest BCUT2D eigenvalue weighted by molar-refractivity contribution is 7.99. The first-order valence-corrected chi connectivity index (χ1v) is 7.37. The number of aromatic nitrogens is 3. The number of nitrogens with one attached hydrogen (secondary N) is 1. The van der Waals surface area contributed by atoms with E-state index in [2.05, 4.69) is 41.0 Å². The lowest BCUT2D eigenvalue weighted by Crippen LogP contribution is -2.06. The molecule has 1 atom stereocenters. The van der Waals surface area contributed by atoms with Crippen LogP contribution >= 0.6 is 11.8 Å². The summed E-state index contributed by atoms with van der Waals surface area (Å²) in [7, 11) is 1.79. The van der Waals surface area contributed by atoms with E-state index in [1.807, 2.05) is 0 Å². The van der Waals surface area contributed by atoms with Crippen molar-refractivity contribution in [2.75, 3.05) is 24.7 Å². The van der Waals surface area contributed by atoms with Crippen LogP contribution in [-0.2, 0) is 0 Å². The maximum absolute atomic E-state index is 5.46. The van der Waals surface area contributed by atoms with Crippen molar-refractivity contribution in [1.29, 1.82) is 0 Å². The van der Waals surface area contributed by atoms with E-state index in [-0.39, 0.29) is 0 Å². The second kappa shape index (κ2) is 8.13. The van der Waals surface area contributed by atoms with E-state index < -0.39 is 0 Å². The van der Waals surface area contributed by atoms with Crippen LogP contribution in [0.15, 0.2) is 5.16 Å². The Kier molecular flexibility index (Phi) is 6.78. The molecule has 0 spiro atoms. The Morgan fingerprint density at radius 1 is 1.28 bits per heavy atom. The minimum Gasteiger partial charge on any atom is -0.463 e. The molecule has 1 unspecified atom stereocenters. The van der Waals surface area contributed by atoms with Crippen molar-refractivity contribution in [3.05, 3.63) is 0 Å². The Balaban J connectivity index is 2.70. The average molecular weight is 270 g/mol. The lowest BCUT2D eigenvalue weighted by atomic mass is 10.2. The fourth-order valence-electron chi connectivity index (χ4n) is 1.11. The van der Waals surface area contributed by atoms with Crippen LogP contribution in [0.5, 0.6) is 6.01 Å². The second-order valence-corrected chi connectivity index (χ2v) is 5.13. The first-order chi connectivity index (χ1) is 8.69. The van der Waals surface area contributed by atoms with Gasteiger partial charge in [-0.3, -0.25) is 0 Å². The molecule has 0 aliphatic rings. The maximum atomic E-state index is 5.46. The number of rotatable bonds is 8. The van der Waals surface area contributed by atoms with Crippen LogP contribution < -0.4 is 10.1 Å². The molecule has 0 bridgehead atoms. The lowest BCUT2D eigenvalue weighted by Gasteiger charge is -2.09. The van der Waals surface area contributed by atoms with Crippen molar-refractivity contribution in [1.82, 2.24) is 15.0 Å². The molecule has 1 N–H and O–H groups in total. The summed E-state index contributed by atoms with van der Waals surface area (Å²) in [6.45, 7) is 7.09. The van der Waals surface area contributed by atoms with Gasteiger partial charge in [0.1, 0.15) is 0 Å². The van der Waals surface area contributed by atoms with Gasteiger partial charge < -0.3 is 10.1 Å². The van der Waals surface area contributed by atoms with E-state index in [1.54, 1.807) is 18.8 Å². The molecular formula is C12H22N4OS. The second-order valence-electron chi connectivity index (χ2n) is 4.15. The topological polar surface area (TPSA) is 59.9 Å². The maximum Gasteiger partial charge on any atom is 0.322 e. The predicted molar refractivity (Wildman–Crippen MR) is 75.3 cm³/mol. The van der Waals surface area contributed by atoms with Gasteiger partial charge in [-0.05, 0) is 12.3 Å². The number of thioether (sulfide) groups is 1. The summed E-state index contributed by atoms with van der Waals surface area (Å²) >= 11 is 1.65. The molecule has 0 radical (unpaired) electrons. The smallest absolute Gasteiger partial charge is 0.322 e. The largest absolute Gasteiger partial charge is 0.463 e. The Morgan fingerprint density at radius 2 is 2.06 bits per heavy atom. The zero-order chi connectivity index (χ0) is 13.4. The Hall–Kier alpha value is -1.04. The molecule has 1 aromatic rings. The minimum absolute atomic E-state index is 0.405. The van der Waals surface area contributed by atoms with Crippen molar-refractivity contribution < 1.29 is 4.74 Å². The molecule has 1 aromatic heterocycles. The minimum atomic E-state index is 0.405. The average Bonchev–Trinajstić information content (AvgIpc) is 2.42. The molecule has 0 aliphatic heterocycles. The predicted octanol–water partition coefficient (Wildman–Crippen LogP) is 2.84. The molecule has 0 aromatic carbocycles. The quantitative estimate of drug-likeness (QED) is 0.733. The van der Waals surface area contributed by atoms with Crippen LogP contribution in [0.2, 0.25) is 0 Å². The van der Waals surface area contributed by atoms with Gasteiger partial charge in [-0.2, -0.15) is 15.0 Å². The summed E-state index contributed by atoms with van der Waals surface area (Å²) in [5.74, 6) is 2.23. The Labute approximate surface area is 113 Å². The van der Waals surface area contributed by atoms with Crippen LogP contribution in [0.4, 0.5) is 5.95 Å². The molecule has 0 amide bonds. The van der Waals surface area contributed by atoms with E-state index in [1.165, 1.54) is 0 Å². The third kappa shape index (κ3) is 5.08. The normalized spacial score (nSPS) is 12.2. The number of hydrogen-bond acceptors (Lipinski definition) is 6. The van der Waals surface area contributed by atoms with E-state index in [0.717, 1.165) is 23.8 Å². The summed E-state index contributed by atoms with van der Waals surface area (Å²) in [5, 5.41) is 3.65. The standard InChI is InChI=1S/C12H22N4OS/c1-5-7-17-11-14-10(13-4)15-12(16-11)18-8-9(3)6-2/h9H,5-8H2,1-4H3,(H,13,14,15,16). The molecule has 6 heteroatoms. The fourth-order valence-corrected chi connectivity index (χ4v) is 2.07. The molecule has 18 heavy (non-hydrogen) atoms. The van der Waals surface area contributed by atoms with Gasteiger partial charge >= 0.3 is 6.01 Å². The molecule has 0 aliphatic carbocycles. The van der Waals surface area contributed by atoms with Crippen molar-refractivity contribution in [3.63, 3.8) is 0 Å². The first-order valence-electron chi connectivity index (χ1n) is 6.39. The summed E-state index contributed by atoms with van der Waals surface area (Å²) in [5.41, 5.74) is 0. The van der Waals surface area contributed by atoms with Gasteiger partial charge in [0.15, 0.2) is 5.16 Å². The summed E-state index contributed by atoms with van der Waals surface area (Å²) in [6.07, 6.45) is 2.10. The van der Waals surface area contributed by atoms with Crippen LogP contribution in [0.3, 0.4) is 0 Å². The third-order valence-electron chi connectivity index (χ3n) is 2.45. The zero-order valence-corrected chi connectivity index (χ0v) is 12.4. The summed E-state index contributed by atoms with van der Waals surface area (Å²) in [4.78, 5) is 12.8. The molecule has 102 valence electrons. The van der Waals surface area contributed by atoms with Crippen LogP contribution in [0.25, 0.3) is 0 Å². The van der Waals surface area contributed by atoms with E-state index in [4.69, 9.17) is 4.74 Å². The van der Waals surface area contributed by atoms with Crippen LogP contribution in [0, 0.1) is 5.92 Å². The SMILES string of the molecule is CCCOc1nc(NC)nc(SCC(C)CC)n1. The number of hydrogen-bond donors (Lipinski definition) is 1. The van der Waals surface area contributed by atoms with Gasteiger partial charge in [-0.25, -0.2) is 0 Å². The lowest BCUT2D eigenvalue weighted by molar-refractivity contribution is 0.288. The summed E-state index contributed by atoms with van der Waals surface area (Å²) in [6, 6.07) is 0.405. The van der Waals surface area contributed by atoms with Gasteiger partial charge in [0.25, 0.3) is 0 Å². The molecule has 1 rings (SSSR count). The molecule has 0 saturated carbocycles. The van der Waals surface area contributed by atoms with Crippen molar-refractivity contribution in [2.45, 2.75) is 38.8 Å². The highest BCUT2D eigenvalue weighted by Gasteiger charge is 2.08. The summed E-state index contributed by atoms with van der Waals surface area (Å²) < 4.78 is 5.46. The molecule has 1 heterocycles. The van der Waals surface area contributed by atoms with Gasteiger partial charge in [0, 0.05) is 12.8 Å². The van der Waals surface area contributed by atoms with Crippen LogP contribution in [0.1, 0.15) is 33.6 Å². The zero-order valence-electron chi connectivity index (χ0n) is 11.6. The number of nitrogens with zero attached hydrogens (tertiary/aromatic N) is 3. The number of anilines is 1. The van der Waals surface area contributed by atoms with Crippen molar-refractivity contribution in [3.8, 4) is 6.01 Å². The molecular weight excluding hydrogens is 248 g/mol. The third-order valence-corrected chi connectivity index (χ3v) is 3.62. The first kappa shape index (κ1) is 15.0. The van der Waals surface area contributed by atoms with Crippen molar-refractivity contribution in [2.24, 2.45) is 5.92 Å². The van der Waals surface area contributed by atoms with Gasteiger partial charge in [-0.1, -0.05) is 39.0 Å². The fraction of sp³-hybridized carbons (Fsp3) is 0.750. The van der Waals surface area contributed by atoms with E-state index in [9.17, 15) is 0 Å². The van der Waals surface area contributed by atoms with Gasteiger partial charge in [0.2, 0.25) is 5.95 Å². The Morgan fingerprint density at radius 3 is 2.67 bits per heavy atom. The highest BCUT2D eigenvalue weighted by Crippen LogP contribution is 2.21. The van der Waals surface area contributed by atoms with E-state index in [0.29, 0.717) is 24.5 Å². The number of ether oxygens (including phenoxy) is 1. The molecule has 0 saturated heterocycles. The highest BCUT2D eigenvalue weighted by atomic mass is 32.2. The molecule has 0 fully saturated rings. The van der Waals surface area contributed by atoms with Gasteiger partial charge in [-0.15, -0.1) is 0 Å². The van der Waals surface area contributed by atoms with Crippen molar-refractivity contribution >= 4 is 17.7 Å².